The molecule has 0 aliphatic heterocycles. The van der Waals surface area contributed by atoms with Gasteiger partial charge in [-0.3, -0.25) is 4.79 Å². The van der Waals surface area contributed by atoms with E-state index in [1.807, 2.05) is 0 Å². The highest BCUT2D eigenvalue weighted by molar-refractivity contribution is 5.94. The van der Waals surface area contributed by atoms with Crippen molar-refractivity contribution in [2.45, 2.75) is 13.5 Å². The SMILES string of the molecule is Cc1cc(C(=O)NCc2ccnc(Oc3ccc(F)cc3)c2)ccc1F. The lowest BCUT2D eigenvalue weighted by Gasteiger charge is -2.08. The Bertz CT molecular complexity index is 927. The van der Waals surface area contributed by atoms with Crippen LogP contribution in [0.1, 0.15) is 21.5 Å². The van der Waals surface area contributed by atoms with Crippen molar-refractivity contribution < 1.29 is 18.3 Å². The van der Waals surface area contributed by atoms with Crippen LogP contribution in [0.5, 0.6) is 11.6 Å². The van der Waals surface area contributed by atoms with Crippen molar-refractivity contribution in [3.05, 3.63) is 89.1 Å². The maximum Gasteiger partial charge on any atom is 0.251 e. The molecule has 2 aromatic carbocycles. The number of amides is 1. The van der Waals surface area contributed by atoms with E-state index in [9.17, 15) is 13.6 Å². The fourth-order valence-corrected chi connectivity index (χ4v) is 2.31. The Balaban J connectivity index is 1.64. The van der Waals surface area contributed by atoms with Crippen molar-refractivity contribution in [1.29, 1.82) is 0 Å². The van der Waals surface area contributed by atoms with Crippen LogP contribution in [-0.2, 0) is 6.54 Å². The molecule has 3 rings (SSSR count). The number of aryl methyl sites for hydroxylation is 1. The number of hydrogen-bond donors (Lipinski definition) is 1. The monoisotopic (exact) mass is 354 g/mol. The molecule has 0 aliphatic rings. The quantitative estimate of drug-likeness (QED) is 0.739. The van der Waals surface area contributed by atoms with Crippen molar-refractivity contribution >= 4 is 5.91 Å². The highest BCUT2D eigenvalue weighted by Crippen LogP contribution is 2.20. The summed E-state index contributed by atoms with van der Waals surface area (Å²) < 4.78 is 31.8. The zero-order chi connectivity index (χ0) is 18.5. The first-order valence-corrected chi connectivity index (χ1v) is 7.94. The first-order valence-electron chi connectivity index (χ1n) is 7.94. The molecular formula is C20H16F2N2O2. The van der Waals surface area contributed by atoms with Crippen LogP contribution < -0.4 is 10.1 Å². The Labute approximate surface area is 149 Å². The lowest BCUT2D eigenvalue weighted by Crippen LogP contribution is -2.23. The number of nitrogens with zero attached hydrogens (tertiary/aromatic N) is 1. The molecule has 0 fully saturated rings. The maximum absolute atomic E-state index is 13.3. The smallest absolute Gasteiger partial charge is 0.251 e. The Morgan fingerprint density at radius 2 is 1.85 bits per heavy atom. The molecule has 0 unspecified atom stereocenters. The second kappa shape index (κ2) is 7.74. The van der Waals surface area contributed by atoms with Gasteiger partial charge in [-0.05, 0) is 66.6 Å². The molecule has 6 heteroatoms. The van der Waals surface area contributed by atoms with E-state index in [-0.39, 0.29) is 24.1 Å². The van der Waals surface area contributed by atoms with Gasteiger partial charge in [0.2, 0.25) is 5.88 Å². The molecule has 1 amide bonds. The van der Waals surface area contributed by atoms with Crippen molar-refractivity contribution in [2.24, 2.45) is 0 Å². The van der Waals surface area contributed by atoms with Crippen LogP contribution in [0.3, 0.4) is 0 Å². The number of pyridine rings is 1. The van der Waals surface area contributed by atoms with Gasteiger partial charge in [0.15, 0.2) is 0 Å². The van der Waals surface area contributed by atoms with E-state index in [4.69, 9.17) is 4.74 Å². The maximum atomic E-state index is 13.3. The summed E-state index contributed by atoms with van der Waals surface area (Å²) in [6.45, 7) is 1.87. The third-order valence-corrected chi connectivity index (χ3v) is 3.71. The van der Waals surface area contributed by atoms with Gasteiger partial charge in [0.25, 0.3) is 5.91 Å². The van der Waals surface area contributed by atoms with Gasteiger partial charge in [0.05, 0.1) is 0 Å². The molecule has 4 nitrogen and oxygen atoms in total. The van der Waals surface area contributed by atoms with E-state index in [2.05, 4.69) is 10.3 Å². The number of carbonyl (C=O) groups excluding carboxylic acids is 1. The number of aromatic nitrogens is 1. The zero-order valence-corrected chi connectivity index (χ0v) is 14.0. The van der Waals surface area contributed by atoms with E-state index in [1.165, 1.54) is 42.5 Å². The van der Waals surface area contributed by atoms with Crippen molar-refractivity contribution in [3.8, 4) is 11.6 Å². The van der Waals surface area contributed by atoms with E-state index < -0.39 is 0 Å². The number of carbonyl (C=O) groups is 1. The predicted molar refractivity (Wildman–Crippen MR) is 93.0 cm³/mol. The Morgan fingerprint density at radius 1 is 1.08 bits per heavy atom. The molecule has 1 heterocycles. The van der Waals surface area contributed by atoms with E-state index in [0.717, 1.165) is 5.56 Å². The van der Waals surface area contributed by atoms with Gasteiger partial charge in [0.1, 0.15) is 17.4 Å². The van der Waals surface area contributed by atoms with Crippen LogP contribution in [0.15, 0.2) is 60.8 Å². The van der Waals surface area contributed by atoms with Crippen LogP contribution in [0, 0.1) is 18.6 Å². The van der Waals surface area contributed by atoms with Crippen LogP contribution in [0.2, 0.25) is 0 Å². The molecule has 0 spiro atoms. The summed E-state index contributed by atoms with van der Waals surface area (Å²) in [5.74, 6) is -0.204. The van der Waals surface area contributed by atoms with Crippen molar-refractivity contribution in [3.63, 3.8) is 0 Å². The highest BCUT2D eigenvalue weighted by atomic mass is 19.1. The minimum Gasteiger partial charge on any atom is -0.439 e. The van der Waals surface area contributed by atoms with Gasteiger partial charge in [-0.15, -0.1) is 0 Å². The normalized spacial score (nSPS) is 10.4. The number of nitrogens with one attached hydrogen (secondary N) is 1. The third kappa shape index (κ3) is 4.42. The summed E-state index contributed by atoms with van der Waals surface area (Å²) in [6, 6.07) is 13.2. The van der Waals surface area contributed by atoms with Gasteiger partial charge in [-0.2, -0.15) is 0 Å². The number of hydrogen-bond acceptors (Lipinski definition) is 3. The van der Waals surface area contributed by atoms with E-state index in [1.54, 1.807) is 25.3 Å². The summed E-state index contributed by atoms with van der Waals surface area (Å²) >= 11 is 0. The van der Waals surface area contributed by atoms with Gasteiger partial charge < -0.3 is 10.1 Å². The first-order chi connectivity index (χ1) is 12.5. The molecule has 1 N–H and O–H groups in total. The molecular weight excluding hydrogens is 338 g/mol. The fourth-order valence-electron chi connectivity index (χ4n) is 2.31. The molecule has 0 radical (unpaired) electrons. The third-order valence-electron chi connectivity index (χ3n) is 3.71. The first kappa shape index (κ1) is 17.5. The molecule has 0 bridgehead atoms. The molecule has 0 saturated carbocycles. The lowest BCUT2D eigenvalue weighted by atomic mass is 10.1. The predicted octanol–water partition coefficient (Wildman–Crippen LogP) is 4.39. The standard InChI is InChI=1S/C20H16F2N2O2/c1-13-10-15(2-7-18(13)22)20(25)24-12-14-8-9-23-19(11-14)26-17-5-3-16(21)4-6-17/h2-11H,12H2,1H3,(H,24,25). The van der Waals surface area contributed by atoms with Crippen LogP contribution >= 0.6 is 0 Å². The molecule has 0 aliphatic carbocycles. The highest BCUT2D eigenvalue weighted by Gasteiger charge is 2.08. The Morgan fingerprint density at radius 3 is 2.58 bits per heavy atom. The molecule has 0 saturated heterocycles. The second-order valence-electron chi connectivity index (χ2n) is 5.70. The topological polar surface area (TPSA) is 51.2 Å². The van der Waals surface area contributed by atoms with Gasteiger partial charge in [0, 0.05) is 24.4 Å². The average molecular weight is 354 g/mol. The summed E-state index contributed by atoms with van der Waals surface area (Å²) in [6.07, 6.45) is 1.56. The molecule has 132 valence electrons. The number of benzene rings is 2. The Hall–Kier alpha value is -3.28. The largest absolute Gasteiger partial charge is 0.439 e. The van der Waals surface area contributed by atoms with Crippen LogP contribution in [0.4, 0.5) is 8.78 Å². The van der Waals surface area contributed by atoms with Gasteiger partial charge in [-0.25, -0.2) is 13.8 Å². The molecule has 26 heavy (non-hydrogen) atoms. The second-order valence-corrected chi connectivity index (χ2v) is 5.70. The minimum absolute atomic E-state index is 0.261. The molecule has 1 aromatic heterocycles. The zero-order valence-electron chi connectivity index (χ0n) is 14.0. The average Bonchev–Trinajstić information content (AvgIpc) is 2.64. The van der Waals surface area contributed by atoms with Crippen LogP contribution in [0.25, 0.3) is 0 Å². The van der Waals surface area contributed by atoms with E-state index in [0.29, 0.717) is 22.8 Å². The lowest BCUT2D eigenvalue weighted by molar-refractivity contribution is 0.0950. The number of ether oxygens (including phenoxy) is 1. The minimum atomic E-state index is -0.349. The Kier molecular flexibility index (Phi) is 5.22. The van der Waals surface area contributed by atoms with Gasteiger partial charge >= 0.3 is 0 Å². The number of halogens is 2. The van der Waals surface area contributed by atoms with Crippen molar-refractivity contribution in [2.75, 3.05) is 0 Å². The summed E-state index contributed by atoms with van der Waals surface area (Å²) in [5.41, 5.74) is 1.58. The number of rotatable bonds is 5. The fraction of sp³-hybridized carbons (Fsp3) is 0.100. The summed E-state index contributed by atoms with van der Waals surface area (Å²) in [4.78, 5) is 16.3. The van der Waals surface area contributed by atoms with Crippen LogP contribution in [-0.4, -0.2) is 10.9 Å². The summed E-state index contributed by atoms with van der Waals surface area (Å²) in [5, 5.41) is 2.77. The van der Waals surface area contributed by atoms with Gasteiger partial charge in [-0.1, -0.05) is 0 Å². The van der Waals surface area contributed by atoms with E-state index >= 15 is 0 Å². The molecule has 0 atom stereocenters. The van der Waals surface area contributed by atoms with Crippen molar-refractivity contribution in [1.82, 2.24) is 10.3 Å². The molecule has 3 aromatic rings. The summed E-state index contributed by atoms with van der Waals surface area (Å²) in [7, 11) is 0.